The van der Waals surface area contributed by atoms with Gasteiger partial charge in [0.15, 0.2) is 0 Å². The van der Waals surface area contributed by atoms with Crippen molar-refractivity contribution in [2.75, 3.05) is 0 Å². The highest BCUT2D eigenvalue weighted by Crippen LogP contribution is 2.22. The standard InChI is InChI=1S/C11H14O2/c1-8-4-3-5-10(7-13)11(8)9(2)6-12/h3-6,9,13H,7H2,1-2H3. The van der Waals surface area contributed by atoms with E-state index in [0.29, 0.717) is 0 Å². The summed E-state index contributed by atoms with van der Waals surface area (Å²) >= 11 is 0. The number of hydrogen-bond donors (Lipinski definition) is 1. The average molecular weight is 178 g/mol. The first-order valence-corrected chi connectivity index (χ1v) is 4.35. The van der Waals surface area contributed by atoms with Gasteiger partial charge in [-0.3, -0.25) is 0 Å². The molecule has 0 spiro atoms. The van der Waals surface area contributed by atoms with Gasteiger partial charge in [-0.2, -0.15) is 0 Å². The second-order valence-corrected chi connectivity index (χ2v) is 3.23. The molecule has 0 aliphatic rings. The molecule has 2 nitrogen and oxygen atoms in total. The van der Waals surface area contributed by atoms with E-state index in [9.17, 15) is 4.79 Å². The lowest BCUT2D eigenvalue weighted by molar-refractivity contribution is -0.108. The first-order valence-electron chi connectivity index (χ1n) is 4.35. The van der Waals surface area contributed by atoms with Crippen molar-refractivity contribution >= 4 is 6.29 Å². The number of aldehydes is 1. The molecule has 1 rings (SSSR count). The Labute approximate surface area is 78.2 Å². The van der Waals surface area contributed by atoms with Crippen molar-refractivity contribution in [2.24, 2.45) is 0 Å². The number of rotatable bonds is 3. The summed E-state index contributed by atoms with van der Waals surface area (Å²) in [7, 11) is 0. The largest absolute Gasteiger partial charge is 0.392 e. The summed E-state index contributed by atoms with van der Waals surface area (Å²) < 4.78 is 0. The van der Waals surface area contributed by atoms with Gasteiger partial charge in [0, 0.05) is 5.92 Å². The Morgan fingerprint density at radius 2 is 2.23 bits per heavy atom. The molecule has 1 aromatic rings. The van der Waals surface area contributed by atoms with E-state index in [0.717, 1.165) is 23.0 Å². The van der Waals surface area contributed by atoms with Crippen LogP contribution >= 0.6 is 0 Å². The highest BCUT2D eigenvalue weighted by atomic mass is 16.3. The van der Waals surface area contributed by atoms with Crippen molar-refractivity contribution in [3.05, 3.63) is 34.9 Å². The average Bonchev–Trinajstić information content (AvgIpc) is 2.16. The molecule has 1 N–H and O–H groups in total. The summed E-state index contributed by atoms with van der Waals surface area (Å²) in [5.74, 6) is -0.136. The van der Waals surface area contributed by atoms with Crippen LogP contribution in [-0.4, -0.2) is 11.4 Å². The van der Waals surface area contributed by atoms with E-state index in [1.54, 1.807) is 0 Å². The molecule has 0 fully saturated rings. The van der Waals surface area contributed by atoms with Gasteiger partial charge in [0.05, 0.1) is 6.61 Å². The van der Waals surface area contributed by atoms with Gasteiger partial charge in [-0.15, -0.1) is 0 Å². The van der Waals surface area contributed by atoms with Crippen LogP contribution in [0.1, 0.15) is 29.5 Å². The van der Waals surface area contributed by atoms with E-state index in [2.05, 4.69) is 0 Å². The highest BCUT2D eigenvalue weighted by molar-refractivity contribution is 5.63. The van der Waals surface area contributed by atoms with Crippen molar-refractivity contribution < 1.29 is 9.90 Å². The number of carbonyl (C=O) groups is 1. The topological polar surface area (TPSA) is 37.3 Å². The minimum Gasteiger partial charge on any atom is -0.392 e. The van der Waals surface area contributed by atoms with Gasteiger partial charge in [0.25, 0.3) is 0 Å². The van der Waals surface area contributed by atoms with E-state index < -0.39 is 0 Å². The number of hydrogen-bond acceptors (Lipinski definition) is 2. The molecule has 2 heteroatoms. The predicted molar refractivity (Wildman–Crippen MR) is 51.6 cm³/mol. The SMILES string of the molecule is Cc1cccc(CO)c1C(C)C=O. The molecule has 0 heterocycles. The molecule has 0 aromatic heterocycles. The molecule has 1 unspecified atom stereocenters. The van der Waals surface area contributed by atoms with Gasteiger partial charge >= 0.3 is 0 Å². The van der Waals surface area contributed by atoms with Gasteiger partial charge in [0.2, 0.25) is 0 Å². The van der Waals surface area contributed by atoms with Gasteiger partial charge in [-0.05, 0) is 23.6 Å². The van der Waals surface area contributed by atoms with E-state index in [4.69, 9.17) is 5.11 Å². The fourth-order valence-electron chi connectivity index (χ4n) is 1.60. The zero-order chi connectivity index (χ0) is 9.84. The first kappa shape index (κ1) is 9.93. The van der Waals surface area contributed by atoms with E-state index in [-0.39, 0.29) is 12.5 Å². The summed E-state index contributed by atoms with van der Waals surface area (Å²) in [5.41, 5.74) is 2.87. The molecule has 0 bridgehead atoms. The van der Waals surface area contributed by atoms with Crippen molar-refractivity contribution in [3.63, 3.8) is 0 Å². The normalized spacial score (nSPS) is 12.5. The van der Waals surface area contributed by atoms with E-state index >= 15 is 0 Å². The molecule has 13 heavy (non-hydrogen) atoms. The summed E-state index contributed by atoms with van der Waals surface area (Å²) in [6, 6.07) is 5.69. The minimum absolute atomic E-state index is 0.00477. The minimum atomic E-state index is -0.136. The Morgan fingerprint density at radius 1 is 1.54 bits per heavy atom. The molecule has 0 radical (unpaired) electrons. The van der Waals surface area contributed by atoms with Crippen molar-refractivity contribution in [2.45, 2.75) is 26.4 Å². The van der Waals surface area contributed by atoms with E-state index in [1.807, 2.05) is 32.0 Å². The van der Waals surface area contributed by atoms with Crippen LogP contribution in [0.15, 0.2) is 18.2 Å². The van der Waals surface area contributed by atoms with E-state index in [1.165, 1.54) is 0 Å². The molecule has 0 saturated heterocycles. The maximum absolute atomic E-state index is 10.6. The second kappa shape index (κ2) is 4.19. The molecule has 0 saturated carbocycles. The van der Waals surface area contributed by atoms with Crippen LogP contribution in [0.3, 0.4) is 0 Å². The molecule has 70 valence electrons. The van der Waals surface area contributed by atoms with Crippen molar-refractivity contribution in [3.8, 4) is 0 Å². The van der Waals surface area contributed by atoms with Gasteiger partial charge in [-0.1, -0.05) is 25.1 Å². The molecule has 1 atom stereocenters. The maximum Gasteiger partial charge on any atom is 0.127 e. The lowest BCUT2D eigenvalue weighted by atomic mass is 9.93. The van der Waals surface area contributed by atoms with Crippen LogP contribution in [-0.2, 0) is 11.4 Å². The van der Waals surface area contributed by atoms with Crippen LogP contribution < -0.4 is 0 Å². The monoisotopic (exact) mass is 178 g/mol. The third kappa shape index (κ3) is 1.95. The van der Waals surface area contributed by atoms with Crippen LogP contribution in [0.2, 0.25) is 0 Å². The second-order valence-electron chi connectivity index (χ2n) is 3.23. The fourth-order valence-corrected chi connectivity index (χ4v) is 1.60. The third-order valence-electron chi connectivity index (χ3n) is 2.24. The molecule has 0 aliphatic carbocycles. The fraction of sp³-hybridized carbons (Fsp3) is 0.364. The lowest BCUT2D eigenvalue weighted by Crippen LogP contribution is -2.03. The summed E-state index contributed by atoms with van der Waals surface area (Å²) in [6.45, 7) is 3.79. The third-order valence-corrected chi connectivity index (χ3v) is 2.24. The number of aliphatic hydroxyl groups is 1. The Hall–Kier alpha value is -1.15. The Bertz CT molecular complexity index is 305. The molecule has 0 amide bonds. The number of carbonyl (C=O) groups excluding carboxylic acids is 1. The van der Waals surface area contributed by atoms with Gasteiger partial charge < -0.3 is 9.90 Å². The Balaban J connectivity index is 3.22. The number of aryl methyl sites for hydroxylation is 1. The lowest BCUT2D eigenvalue weighted by Gasteiger charge is -2.12. The Kier molecular flexibility index (Phi) is 3.20. The highest BCUT2D eigenvalue weighted by Gasteiger charge is 2.11. The summed E-state index contributed by atoms with van der Waals surface area (Å²) in [4.78, 5) is 10.6. The van der Waals surface area contributed by atoms with Crippen molar-refractivity contribution in [1.82, 2.24) is 0 Å². The maximum atomic E-state index is 10.6. The van der Waals surface area contributed by atoms with Crippen LogP contribution in [0.4, 0.5) is 0 Å². The van der Waals surface area contributed by atoms with Gasteiger partial charge in [-0.25, -0.2) is 0 Å². The van der Waals surface area contributed by atoms with Crippen LogP contribution in [0.5, 0.6) is 0 Å². The Morgan fingerprint density at radius 3 is 2.77 bits per heavy atom. The molecule has 0 aliphatic heterocycles. The zero-order valence-electron chi connectivity index (χ0n) is 7.95. The van der Waals surface area contributed by atoms with Crippen LogP contribution in [0.25, 0.3) is 0 Å². The smallest absolute Gasteiger partial charge is 0.127 e. The summed E-state index contributed by atoms with van der Waals surface area (Å²) in [5, 5.41) is 9.07. The molecular formula is C11H14O2. The molecule has 1 aromatic carbocycles. The van der Waals surface area contributed by atoms with Gasteiger partial charge in [0.1, 0.15) is 6.29 Å². The predicted octanol–water partition coefficient (Wildman–Crippen LogP) is 1.79. The van der Waals surface area contributed by atoms with Crippen molar-refractivity contribution in [1.29, 1.82) is 0 Å². The van der Waals surface area contributed by atoms with Crippen LogP contribution in [0, 0.1) is 6.92 Å². The molecular weight excluding hydrogens is 164 g/mol. The quantitative estimate of drug-likeness (QED) is 0.716. The summed E-state index contributed by atoms with van der Waals surface area (Å²) in [6.07, 6.45) is 0.904. The number of benzene rings is 1. The zero-order valence-corrected chi connectivity index (χ0v) is 7.95. The number of aliphatic hydroxyl groups excluding tert-OH is 1. The first-order chi connectivity index (χ1) is 6.20.